The summed E-state index contributed by atoms with van der Waals surface area (Å²) in [7, 11) is -1.91. The van der Waals surface area contributed by atoms with Gasteiger partial charge in [0.2, 0.25) is 11.8 Å². The summed E-state index contributed by atoms with van der Waals surface area (Å²) in [5.74, 6) is -4.08. The van der Waals surface area contributed by atoms with Crippen LogP contribution in [0.3, 0.4) is 0 Å². The normalized spacial score (nSPS) is 25.4. The number of carbonyl (C=O) groups excluding carboxylic acids is 2. The van der Waals surface area contributed by atoms with Crippen molar-refractivity contribution in [3.8, 4) is 23.4 Å². The predicted molar refractivity (Wildman–Crippen MR) is 198 cm³/mol. The Balaban J connectivity index is 0.000000672. The Morgan fingerprint density at radius 1 is 1.03 bits per heavy atom. The predicted octanol–water partition coefficient (Wildman–Crippen LogP) is 3.56. The fraction of sp³-hybridized carbons (Fsp3) is 0.462. The summed E-state index contributed by atoms with van der Waals surface area (Å²) in [6.45, 7) is 6.41. The molecular weight excluding hydrogens is 786 g/mol. The van der Waals surface area contributed by atoms with Crippen LogP contribution in [0.2, 0.25) is 0 Å². The fourth-order valence-corrected chi connectivity index (χ4v) is 10.5. The van der Waals surface area contributed by atoms with Crippen molar-refractivity contribution in [3.63, 3.8) is 0 Å². The first-order chi connectivity index (χ1) is 27.5. The molecule has 1 aromatic heterocycles. The Kier molecular flexibility index (Phi) is 10.3. The lowest BCUT2D eigenvalue weighted by atomic mass is 9.49. The Hall–Kier alpha value is -5.45. The number of methoxy groups -OCH3 is 2. The summed E-state index contributed by atoms with van der Waals surface area (Å²) in [5, 5.41) is 23.5. The number of fused-ring (bicyclic) bond motifs is 1. The molecule has 1 atom stereocenters. The van der Waals surface area contributed by atoms with Crippen LogP contribution in [0.5, 0.6) is 17.4 Å². The summed E-state index contributed by atoms with van der Waals surface area (Å²) >= 11 is 0. The summed E-state index contributed by atoms with van der Waals surface area (Å²) < 4.78 is 78.3. The highest BCUT2D eigenvalue weighted by atomic mass is 32.2. The zero-order valence-corrected chi connectivity index (χ0v) is 32.6. The number of benzene rings is 2. The average Bonchev–Trinajstić information content (AvgIpc) is 3.37. The molecule has 5 aliphatic rings. The van der Waals surface area contributed by atoms with Gasteiger partial charge in [-0.15, -0.1) is 0 Å². The molecule has 2 saturated carbocycles. The molecule has 4 heterocycles. The third-order valence-electron chi connectivity index (χ3n) is 11.8. The van der Waals surface area contributed by atoms with E-state index >= 15 is 4.79 Å². The van der Waals surface area contributed by atoms with Gasteiger partial charge in [0.25, 0.3) is 15.9 Å². The first-order valence-electron chi connectivity index (χ1n) is 18.5. The number of rotatable bonds is 10. The quantitative estimate of drug-likeness (QED) is 0.268. The molecule has 2 aliphatic carbocycles. The van der Waals surface area contributed by atoms with Crippen LogP contribution in [0, 0.1) is 28.1 Å². The molecule has 0 bridgehead atoms. The van der Waals surface area contributed by atoms with Gasteiger partial charge in [-0.1, -0.05) is 0 Å². The molecule has 2 aromatic carbocycles. The topological polar surface area (TPSA) is 200 Å². The fourth-order valence-electron chi connectivity index (χ4n) is 8.93. The van der Waals surface area contributed by atoms with Crippen molar-refractivity contribution in [3.05, 3.63) is 71.4 Å². The zero-order chi connectivity index (χ0) is 41.8. The Morgan fingerprint density at radius 3 is 2.29 bits per heavy atom. The molecule has 19 heteroatoms. The van der Waals surface area contributed by atoms with E-state index in [0.29, 0.717) is 34.4 Å². The number of amides is 2. The molecule has 2 saturated heterocycles. The second-order valence-electron chi connectivity index (χ2n) is 15.4. The lowest BCUT2D eigenvalue weighted by Crippen LogP contribution is -2.74. The lowest BCUT2D eigenvalue weighted by Gasteiger charge is -2.66. The number of carbonyl (C=O) groups is 3. The monoisotopic (exact) mass is 826 g/mol. The van der Waals surface area contributed by atoms with Crippen molar-refractivity contribution in [1.82, 2.24) is 20.5 Å². The number of alkyl halides is 3. The van der Waals surface area contributed by atoms with Crippen molar-refractivity contribution >= 4 is 33.5 Å². The number of likely N-dealkylation sites (tertiary alicyclic amines) is 1. The molecule has 3 aromatic rings. The largest absolute Gasteiger partial charge is 0.497 e. The molecule has 8 rings (SSSR count). The number of aromatic nitrogens is 1. The minimum atomic E-state index is -5.08. The van der Waals surface area contributed by atoms with Crippen LogP contribution in [-0.4, -0.2) is 100 Å². The zero-order valence-electron chi connectivity index (χ0n) is 31.8. The molecular formula is C39H41F3N6O9S. The van der Waals surface area contributed by atoms with E-state index in [2.05, 4.69) is 26.6 Å². The number of sulfonamides is 1. The number of pyridine rings is 1. The van der Waals surface area contributed by atoms with E-state index in [0.717, 1.165) is 39.0 Å². The van der Waals surface area contributed by atoms with Crippen molar-refractivity contribution in [2.24, 2.45) is 16.7 Å². The second kappa shape index (κ2) is 14.7. The van der Waals surface area contributed by atoms with E-state index in [1.165, 1.54) is 56.8 Å². The van der Waals surface area contributed by atoms with E-state index in [-0.39, 0.29) is 62.7 Å². The van der Waals surface area contributed by atoms with Crippen LogP contribution in [0.1, 0.15) is 49.3 Å². The van der Waals surface area contributed by atoms with Crippen LogP contribution in [0.25, 0.3) is 0 Å². The molecule has 15 nitrogen and oxygen atoms in total. The molecule has 0 radical (unpaired) electrons. The van der Waals surface area contributed by atoms with Gasteiger partial charge in [-0.3, -0.25) is 14.5 Å². The maximum atomic E-state index is 15.2. The van der Waals surface area contributed by atoms with Crippen molar-refractivity contribution in [2.75, 3.05) is 51.3 Å². The van der Waals surface area contributed by atoms with Crippen LogP contribution in [0.15, 0.2) is 59.6 Å². The minimum Gasteiger partial charge on any atom is -0.497 e. The highest BCUT2D eigenvalue weighted by Crippen LogP contribution is 2.61. The van der Waals surface area contributed by atoms with E-state index in [1.54, 1.807) is 19.1 Å². The van der Waals surface area contributed by atoms with Crippen LogP contribution in [-0.2, 0) is 29.9 Å². The molecule has 58 heavy (non-hydrogen) atoms. The van der Waals surface area contributed by atoms with Gasteiger partial charge in [0.05, 0.1) is 43.7 Å². The molecule has 3 aliphatic heterocycles. The van der Waals surface area contributed by atoms with Gasteiger partial charge in [0.1, 0.15) is 16.4 Å². The number of hydrogen-bond donors (Lipinski definition) is 3. The number of aliphatic carboxylic acids is 1. The van der Waals surface area contributed by atoms with Gasteiger partial charge < -0.3 is 30.0 Å². The molecule has 4 fully saturated rings. The van der Waals surface area contributed by atoms with Gasteiger partial charge in [0, 0.05) is 61.4 Å². The van der Waals surface area contributed by atoms with Gasteiger partial charge in [0.15, 0.2) is 5.54 Å². The third-order valence-corrected chi connectivity index (χ3v) is 13.5. The number of nitrogens with one attached hydrogen (secondary N) is 2. The maximum Gasteiger partial charge on any atom is 0.490 e. The van der Waals surface area contributed by atoms with E-state index < -0.39 is 33.6 Å². The lowest BCUT2D eigenvalue weighted by molar-refractivity contribution is -0.192. The molecule has 2 amide bonds. The number of halogens is 3. The minimum absolute atomic E-state index is 0.00984. The highest BCUT2D eigenvalue weighted by Gasteiger charge is 2.63. The van der Waals surface area contributed by atoms with Gasteiger partial charge >= 0.3 is 12.1 Å². The first-order valence-corrected chi connectivity index (χ1v) is 19.9. The maximum absolute atomic E-state index is 15.2. The van der Waals surface area contributed by atoms with Crippen LogP contribution in [0.4, 0.5) is 18.9 Å². The standard InChI is InChI=1S/C37H40N6O7S.C2HF3O2/c1-4-50-33-27(6-5-11-40-33)37(41-32(44)24-14-35(15-24)16-25(17-35)42-21-36(22-42)19-39-20-36)28-12-23(18-38)7-9-29(28)43(34(37)45)51(46,47)31-10-8-26(48-2)13-30(31)49-3;3-2(4,5)1(6)7/h5-13,24-25,39H,4,14-17,19-22H2,1-3H3,(H,41,44);(H,6,7). The van der Waals surface area contributed by atoms with Crippen LogP contribution >= 0.6 is 0 Å². The number of ether oxygens (including phenoxy) is 3. The van der Waals surface area contributed by atoms with Crippen molar-refractivity contribution in [2.45, 2.75) is 55.3 Å². The summed E-state index contributed by atoms with van der Waals surface area (Å²) in [5.41, 5.74) is -1.08. The number of anilines is 1. The Labute approximate surface area is 332 Å². The molecule has 2 spiro atoms. The number of hydrogen-bond acceptors (Lipinski definition) is 12. The smallest absolute Gasteiger partial charge is 0.490 e. The third kappa shape index (κ3) is 6.75. The molecule has 308 valence electrons. The van der Waals surface area contributed by atoms with Crippen molar-refractivity contribution < 1.29 is 55.3 Å². The Morgan fingerprint density at radius 2 is 1.72 bits per heavy atom. The van der Waals surface area contributed by atoms with Gasteiger partial charge in [-0.05, 0) is 80.5 Å². The molecule has 1 unspecified atom stereocenters. The number of carboxylic acids is 1. The summed E-state index contributed by atoms with van der Waals surface area (Å²) in [6.07, 6.45) is -0.128. The van der Waals surface area contributed by atoms with Crippen molar-refractivity contribution in [1.29, 1.82) is 5.26 Å². The van der Waals surface area contributed by atoms with Gasteiger partial charge in [-0.2, -0.15) is 22.7 Å². The van der Waals surface area contributed by atoms with Crippen LogP contribution < -0.4 is 29.1 Å². The van der Waals surface area contributed by atoms with E-state index in [9.17, 15) is 31.6 Å². The van der Waals surface area contributed by atoms with E-state index in [1.807, 2.05) is 0 Å². The Bertz CT molecular complexity index is 2290. The number of carboxylic acid groups (broad SMARTS) is 1. The average molecular weight is 827 g/mol. The molecule has 3 N–H and O–H groups in total. The van der Waals surface area contributed by atoms with E-state index in [4.69, 9.17) is 24.1 Å². The summed E-state index contributed by atoms with van der Waals surface area (Å²) in [4.78, 5) is 45.1. The number of nitriles is 1. The summed E-state index contributed by atoms with van der Waals surface area (Å²) in [6, 6.07) is 14.3. The number of nitrogens with zero attached hydrogens (tertiary/aromatic N) is 4. The first kappa shape index (κ1) is 40.7. The second-order valence-corrected chi connectivity index (χ2v) is 17.2. The van der Waals surface area contributed by atoms with Gasteiger partial charge in [-0.25, -0.2) is 18.2 Å². The SMILES string of the molecule is CCOc1ncccc1C1(NC(=O)C2CC3(C2)CC(N2CC4(CNC4)C2)C3)C(=O)N(S(=O)(=O)c2ccc(OC)cc2OC)c2ccc(C#N)cc21.O=C(O)C(F)(F)F. The highest BCUT2D eigenvalue weighted by molar-refractivity contribution is 7.93.